The van der Waals surface area contributed by atoms with E-state index < -0.39 is 0 Å². The highest BCUT2D eigenvalue weighted by molar-refractivity contribution is 5.08. The molecule has 0 saturated heterocycles. The SMILES string of the molecule is COCCOCCOC(c1ccccn1)C(C)N. The summed E-state index contributed by atoms with van der Waals surface area (Å²) in [7, 11) is 1.65. The van der Waals surface area contributed by atoms with Crippen molar-refractivity contribution in [2.45, 2.75) is 19.1 Å². The number of nitrogens with zero attached hydrogens (tertiary/aromatic N) is 1. The van der Waals surface area contributed by atoms with E-state index in [0.29, 0.717) is 26.4 Å². The minimum Gasteiger partial charge on any atom is -0.382 e. The molecule has 18 heavy (non-hydrogen) atoms. The van der Waals surface area contributed by atoms with Crippen LogP contribution in [0.2, 0.25) is 0 Å². The normalized spacial score (nSPS) is 14.4. The molecular formula is C13H22N2O3. The molecule has 1 heterocycles. The summed E-state index contributed by atoms with van der Waals surface area (Å²) in [5.41, 5.74) is 6.76. The quantitative estimate of drug-likeness (QED) is 0.670. The first-order chi connectivity index (χ1) is 8.75. The summed E-state index contributed by atoms with van der Waals surface area (Å²) in [4.78, 5) is 4.26. The number of rotatable bonds is 9. The fourth-order valence-electron chi connectivity index (χ4n) is 1.53. The lowest BCUT2D eigenvalue weighted by atomic mass is 10.1. The molecule has 0 spiro atoms. The van der Waals surface area contributed by atoms with Crippen LogP contribution in [-0.2, 0) is 14.2 Å². The third kappa shape index (κ3) is 5.55. The average molecular weight is 254 g/mol. The van der Waals surface area contributed by atoms with Gasteiger partial charge in [-0.15, -0.1) is 0 Å². The van der Waals surface area contributed by atoms with Gasteiger partial charge in [0.25, 0.3) is 0 Å². The van der Waals surface area contributed by atoms with Crippen LogP contribution in [0.4, 0.5) is 0 Å². The smallest absolute Gasteiger partial charge is 0.114 e. The third-order valence-electron chi connectivity index (χ3n) is 2.41. The van der Waals surface area contributed by atoms with Crippen LogP contribution in [0.15, 0.2) is 24.4 Å². The standard InChI is InChI=1S/C13H22N2O3/c1-11(14)13(12-5-3-4-6-15-12)18-10-9-17-8-7-16-2/h3-6,11,13H,7-10,14H2,1-2H3. The van der Waals surface area contributed by atoms with Gasteiger partial charge in [-0.25, -0.2) is 0 Å². The van der Waals surface area contributed by atoms with Crippen LogP contribution >= 0.6 is 0 Å². The van der Waals surface area contributed by atoms with Crippen molar-refractivity contribution >= 4 is 0 Å². The summed E-state index contributed by atoms with van der Waals surface area (Å²) in [5.74, 6) is 0. The van der Waals surface area contributed by atoms with Crippen molar-refractivity contribution in [2.75, 3.05) is 33.5 Å². The van der Waals surface area contributed by atoms with Crippen LogP contribution in [0.3, 0.4) is 0 Å². The lowest BCUT2D eigenvalue weighted by molar-refractivity contribution is -0.0156. The van der Waals surface area contributed by atoms with E-state index in [1.165, 1.54) is 0 Å². The molecule has 0 amide bonds. The first-order valence-corrected chi connectivity index (χ1v) is 6.10. The van der Waals surface area contributed by atoms with E-state index in [1.54, 1.807) is 13.3 Å². The van der Waals surface area contributed by atoms with E-state index in [-0.39, 0.29) is 12.1 Å². The predicted molar refractivity (Wildman–Crippen MR) is 69.3 cm³/mol. The van der Waals surface area contributed by atoms with Gasteiger partial charge in [-0.05, 0) is 19.1 Å². The number of aromatic nitrogens is 1. The second kappa shape index (κ2) is 8.99. The monoisotopic (exact) mass is 254 g/mol. The minimum absolute atomic E-state index is 0.112. The summed E-state index contributed by atoms with van der Waals surface area (Å²) in [6.07, 6.45) is 1.54. The minimum atomic E-state index is -0.197. The molecule has 2 atom stereocenters. The summed E-state index contributed by atoms with van der Waals surface area (Å²) in [6, 6.07) is 5.60. The van der Waals surface area contributed by atoms with Gasteiger partial charge in [0.1, 0.15) is 6.10 Å². The average Bonchev–Trinajstić information content (AvgIpc) is 2.38. The van der Waals surface area contributed by atoms with Gasteiger partial charge in [0, 0.05) is 19.3 Å². The number of hydrogen-bond acceptors (Lipinski definition) is 5. The lowest BCUT2D eigenvalue weighted by Gasteiger charge is -2.20. The lowest BCUT2D eigenvalue weighted by Crippen LogP contribution is -2.28. The molecule has 0 fully saturated rings. The van der Waals surface area contributed by atoms with Gasteiger partial charge in [0.15, 0.2) is 0 Å². The molecule has 2 N–H and O–H groups in total. The van der Waals surface area contributed by atoms with E-state index in [0.717, 1.165) is 5.69 Å². The Morgan fingerprint density at radius 1 is 1.22 bits per heavy atom. The first kappa shape index (κ1) is 15.0. The Bertz CT molecular complexity index is 306. The fourth-order valence-corrected chi connectivity index (χ4v) is 1.53. The second-order valence-electron chi connectivity index (χ2n) is 4.01. The Morgan fingerprint density at radius 2 is 2.00 bits per heavy atom. The van der Waals surface area contributed by atoms with Crippen LogP contribution in [-0.4, -0.2) is 44.6 Å². The zero-order valence-corrected chi connectivity index (χ0v) is 11.0. The maximum atomic E-state index is 5.91. The summed E-state index contributed by atoms with van der Waals surface area (Å²) < 4.78 is 15.9. The number of ether oxygens (including phenoxy) is 3. The van der Waals surface area contributed by atoms with Gasteiger partial charge >= 0.3 is 0 Å². The Hall–Kier alpha value is -1.01. The summed E-state index contributed by atoms with van der Waals surface area (Å²) in [6.45, 7) is 4.10. The van der Waals surface area contributed by atoms with Crippen LogP contribution in [0.25, 0.3) is 0 Å². The Kier molecular flexibility index (Phi) is 7.52. The van der Waals surface area contributed by atoms with Crippen molar-refractivity contribution in [2.24, 2.45) is 5.73 Å². The van der Waals surface area contributed by atoms with Crippen LogP contribution in [0, 0.1) is 0 Å². The van der Waals surface area contributed by atoms with E-state index in [2.05, 4.69) is 4.98 Å². The molecule has 0 bridgehead atoms. The van der Waals surface area contributed by atoms with Gasteiger partial charge in [0.2, 0.25) is 0 Å². The van der Waals surface area contributed by atoms with Crippen molar-refractivity contribution in [1.82, 2.24) is 4.98 Å². The van der Waals surface area contributed by atoms with Crippen LogP contribution in [0.1, 0.15) is 18.7 Å². The van der Waals surface area contributed by atoms with Gasteiger partial charge < -0.3 is 19.9 Å². The Balaban J connectivity index is 2.31. The summed E-state index contributed by atoms with van der Waals surface area (Å²) >= 11 is 0. The maximum absolute atomic E-state index is 5.91. The maximum Gasteiger partial charge on any atom is 0.114 e. The molecule has 1 aromatic rings. The fraction of sp³-hybridized carbons (Fsp3) is 0.615. The van der Waals surface area contributed by atoms with E-state index in [9.17, 15) is 0 Å². The molecule has 0 saturated carbocycles. The molecule has 2 unspecified atom stereocenters. The number of hydrogen-bond donors (Lipinski definition) is 1. The molecule has 1 rings (SSSR count). The molecule has 0 aliphatic carbocycles. The van der Waals surface area contributed by atoms with Crippen molar-refractivity contribution in [3.63, 3.8) is 0 Å². The van der Waals surface area contributed by atoms with Gasteiger partial charge in [-0.3, -0.25) is 4.98 Å². The van der Waals surface area contributed by atoms with E-state index >= 15 is 0 Å². The molecule has 0 aliphatic rings. The number of methoxy groups -OCH3 is 1. The number of nitrogens with two attached hydrogens (primary N) is 1. The van der Waals surface area contributed by atoms with Gasteiger partial charge in [-0.2, -0.15) is 0 Å². The molecule has 5 nitrogen and oxygen atoms in total. The Morgan fingerprint density at radius 3 is 2.61 bits per heavy atom. The highest BCUT2D eigenvalue weighted by atomic mass is 16.5. The second-order valence-corrected chi connectivity index (χ2v) is 4.01. The van der Waals surface area contributed by atoms with Crippen molar-refractivity contribution in [1.29, 1.82) is 0 Å². The van der Waals surface area contributed by atoms with Crippen molar-refractivity contribution < 1.29 is 14.2 Å². The van der Waals surface area contributed by atoms with E-state index in [4.69, 9.17) is 19.9 Å². The molecule has 102 valence electrons. The zero-order chi connectivity index (χ0) is 13.2. The van der Waals surface area contributed by atoms with Gasteiger partial charge in [-0.1, -0.05) is 6.07 Å². The van der Waals surface area contributed by atoms with Crippen LogP contribution in [0.5, 0.6) is 0 Å². The topological polar surface area (TPSA) is 66.6 Å². The highest BCUT2D eigenvalue weighted by Crippen LogP contribution is 2.17. The molecule has 0 radical (unpaired) electrons. The molecule has 0 aromatic carbocycles. The van der Waals surface area contributed by atoms with Crippen molar-refractivity contribution in [3.8, 4) is 0 Å². The van der Waals surface area contributed by atoms with Crippen LogP contribution < -0.4 is 5.73 Å². The molecule has 1 aromatic heterocycles. The largest absolute Gasteiger partial charge is 0.382 e. The predicted octanol–water partition coefficient (Wildman–Crippen LogP) is 1.15. The Labute approximate surface area is 108 Å². The van der Waals surface area contributed by atoms with Crippen molar-refractivity contribution in [3.05, 3.63) is 30.1 Å². The van der Waals surface area contributed by atoms with Gasteiger partial charge in [0.05, 0.1) is 32.1 Å². The third-order valence-corrected chi connectivity index (χ3v) is 2.41. The summed E-state index contributed by atoms with van der Waals surface area (Å²) in [5, 5.41) is 0. The molecular weight excluding hydrogens is 232 g/mol. The number of pyridine rings is 1. The zero-order valence-electron chi connectivity index (χ0n) is 11.0. The molecule has 5 heteroatoms. The van der Waals surface area contributed by atoms with E-state index in [1.807, 2.05) is 25.1 Å². The first-order valence-electron chi connectivity index (χ1n) is 6.10. The molecule has 0 aliphatic heterocycles. The highest BCUT2D eigenvalue weighted by Gasteiger charge is 2.17.